The maximum absolute atomic E-state index is 12.1. The van der Waals surface area contributed by atoms with Crippen LogP contribution in [0.2, 0.25) is 0 Å². The fraction of sp³-hybridized carbons (Fsp3) is 0.857. The second-order valence-electron chi connectivity index (χ2n) is 2.76. The summed E-state index contributed by atoms with van der Waals surface area (Å²) in [5.74, 6) is 0.494. The summed E-state index contributed by atoms with van der Waals surface area (Å²) in [6, 6.07) is 0. The van der Waals surface area contributed by atoms with Crippen molar-refractivity contribution in [2.75, 3.05) is 0 Å². The number of unbranched alkanes of at least 4 members (excludes halogenated alkanes) is 3. The number of tetrazole rings is 1. The van der Waals surface area contributed by atoms with E-state index in [0.717, 1.165) is 19.3 Å². The van der Waals surface area contributed by atoms with Crippen molar-refractivity contribution in [2.24, 2.45) is 0 Å². The summed E-state index contributed by atoms with van der Waals surface area (Å²) in [5.41, 5.74) is 0. The molecule has 1 heterocycles. The van der Waals surface area contributed by atoms with Crippen LogP contribution in [0.15, 0.2) is 0 Å². The molecule has 0 unspecified atom stereocenters. The molecule has 5 heteroatoms. The van der Waals surface area contributed by atoms with Crippen molar-refractivity contribution in [3.8, 4) is 0 Å². The normalized spacial score (nSPS) is 10.5. The zero-order valence-corrected chi connectivity index (χ0v) is 7.20. The van der Waals surface area contributed by atoms with Gasteiger partial charge in [-0.3, -0.25) is 0 Å². The van der Waals surface area contributed by atoms with Gasteiger partial charge in [-0.2, -0.15) is 0 Å². The lowest BCUT2D eigenvalue weighted by atomic mass is 10.1. The molecule has 0 amide bonds. The highest BCUT2D eigenvalue weighted by Gasteiger charge is 2.00. The Bertz CT molecular complexity index is 223. The van der Waals surface area contributed by atoms with Gasteiger partial charge in [0.1, 0.15) is 0 Å². The van der Waals surface area contributed by atoms with Crippen molar-refractivity contribution in [1.29, 1.82) is 0 Å². The summed E-state index contributed by atoms with van der Waals surface area (Å²) in [6.07, 6.45) is 5.30. The highest BCUT2D eigenvalue weighted by molar-refractivity contribution is 4.75. The molecule has 68 valence electrons. The molecule has 0 saturated heterocycles. The molecule has 12 heavy (non-hydrogen) atoms. The van der Waals surface area contributed by atoms with Crippen LogP contribution in [0.5, 0.6) is 0 Å². The molecule has 1 aromatic rings. The van der Waals surface area contributed by atoms with E-state index in [1.807, 2.05) is 0 Å². The molecule has 0 radical (unpaired) electrons. The molecular formula is C7H13FN4. The van der Waals surface area contributed by atoms with Gasteiger partial charge >= 0.3 is 0 Å². The molecule has 4 nitrogen and oxygen atoms in total. The van der Waals surface area contributed by atoms with Crippen molar-refractivity contribution in [3.05, 3.63) is 5.82 Å². The topological polar surface area (TPSA) is 43.6 Å². The summed E-state index contributed by atoms with van der Waals surface area (Å²) in [4.78, 5) is 0. The molecule has 1 rings (SSSR count). The maximum atomic E-state index is 12.1. The lowest BCUT2D eigenvalue weighted by Crippen LogP contribution is -1.90. The van der Waals surface area contributed by atoms with Crippen molar-refractivity contribution >= 4 is 0 Å². The second-order valence-corrected chi connectivity index (χ2v) is 2.76. The molecule has 0 aromatic carbocycles. The second kappa shape index (κ2) is 4.79. The summed E-state index contributed by atoms with van der Waals surface area (Å²) in [5, 5.41) is 10.1. The predicted molar refractivity (Wildman–Crippen MR) is 42.2 cm³/mol. The summed E-state index contributed by atoms with van der Waals surface area (Å²) < 4.78 is 12.1. The van der Waals surface area contributed by atoms with E-state index in [4.69, 9.17) is 0 Å². The Kier molecular flexibility index (Phi) is 3.63. The van der Waals surface area contributed by atoms with Gasteiger partial charge in [0.05, 0.1) is 0 Å². The first-order valence-electron chi connectivity index (χ1n) is 4.28. The van der Waals surface area contributed by atoms with Crippen molar-refractivity contribution in [1.82, 2.24) is 20.4 Å². The number of rotatable bonds is 5. The van der Waals surface area contributed by atoms with Gasteiger partial charge in [-0.1, -0.05) is 30.7 Å². The van der Waals surface area contributed by atoms with Crippen LogP contribution < -0.4 is 0 Å². The van der Waals surface area contributed by atoms with Gasteiger partial charge in [0, 0.05) is 11.4 Å². The van der Waals surface area contributed by atoms with E-state index in [2.05, 4.69) is 22.3 Å². The minimum atomic E-state index is 0.00908. The summed E-state index contributed by atoms with van der Waals surface area (Å²) in [6.45, 7) is 2.15. The van der Waals surface area contributed by atoms with Gasteiger partial charge in [-0.05, 0) is 11.6 Å². The first kappa shape index (κ1) is 9.09. The summed E-state index contributed by atoms with van der Waals surface area (Å²) >= 11 is 0. The fourth-order valence-corrected chi connectivity index (χ4v) is 1.03. The first-order valence-corrected chi connectivity index (χ1v) is 4.28. The van der Waals surface area contributed by atoms with Crippen LogP contribution >= 0.6 is 0 Å². The quantitative estimate of drug-likeness (QED) is 0.632. The Balaban J connectivity index is 2.15. The molecule has 0 atom stereocenters. The largest absolute Gasteiger partial charge is 0.177 e. The molecule has 0 aliphatic rings. The zero-order valence-electron chi connectivity index (χ0n) is 7.20. The minimum absolute atomic E-state index is 0.00908. The van der Waals surface area contributed by atoms with Gasteiger partial charge in [0.15, 0.2) is 5.82 Å². The average molecular weight is 172 g/mol. The van der Waals surface area contributed by atoms with Crippen LogP contribution in [0, 0.1) is 0 Å². The van der Waals surface area contributed by atoms with Crippen LogP contribution in [0.3, 0.4) is 0 Å². The third kappa shape index (κ3) is 2.94. The Morgan fingerprint density at radius 2 is 2.17 bits per heavy atom. The van der Waals surface area contributed by atoms with E-state index in [0.29, 0.717) is 5.82 Å². The Hall–Kier alpha value is -1.00. The van der Waals surface area contributed by atoms with E-state index in [9.17, 15) is 4.48 Å². The lowest BCUT2D eigenvalue weighted by molar-refractivity contribution is 0.256. The van der Waals surface area contributed by atoms with Crippen LogP contribution in [-0.2, 0) is 6.42 Å². The van der Waals surface area contributed by atoms with Gasteiger partial charge < -0.3 is 0 Å². The van der Waals surface area contributed by atoms with Crippen LogP contribution in [0.4, 0.5) is 4.48 Å². The molecule has 1 aromatic heterocycles. The minimum Gasteiger partial charge on any atom is -0.111 e. The van der Waals surface area contributed by atoms with E-state index < -0.39 is 0 Å². The number of hydrogen-bond acceptors (Lipinski definition) is 3. The van der Waals surface area contributed by atoms with Gasteiger partial charge in [0.25, 0.3) is 0 Å². The van der Waals surface area contributed by atoms with E-state index >= 15 is 0 Å². The van der Waals surface area contributed by atoms with E-state index in [1.54, 1.807) is 0 Å². The zero-order chi connectivity index (χ0) is 8.81. The van der Waals surface area contributed by atoms with Crippen LogP contribution in [-0.4, -0.2) is 20.4 Å². The fourth-order valence-electron chi connectivity index (χ4n) is 1.03. The molecular weight excluding hydrogens is 159 g/mol. The van der Waals surface area contributed by atoms with E-state index in [-0.39, 0.29) is 5.02 Å². The molecule has 0 aliphatic carbocycles. The van der Waals surface area contributed by atoms with Gasteiger partial charge in [-0.25, -0.2) is 0 Å². The molecule has 0 N–H and O–H groups in total. The number of aromatic nitrogens is 4. The van der Waals surface area contributed by atoms with Crippen LogP contribution in [0.25, 0.3) is 0 Å². The standard InChI is InChI=1S/C7H13FN4/c1-2-3-4-5-6-7-9-11-12(8)10-7/h2-6H2,1H3. The number of hydrogen-bond donors (Lipinski definition) is 0. The SMILES string of the molecule is CCCCCCc1nnn(F)n1. The number of nitrogens with zero attached hydrogens (tertiary/aromatic N) is 4. The Morgan fingerprint density at radius 1 is 1.33 bits per heavy atom. The molecule has 0 fully saturated rings. The number of aryl methyl sites for hydroxylation is 1. The monoisotopic (exact) mass is 172 g/mol. The Labute approximate surface area is 70.7 Å². The van der Waals surface area contributed by atoms with E-state index in [1.165, 1.54) is 12.8 Å². The smallest absolute Gasteiger partial charge is 0.111 e. The lowest BCUT2D eigenvalue weighted by Gasteiger charge is -1.93. The highest BCUT2D eigenvalue weighted by atomic mass is 19.2. The van der Waals surface area contributed by atoms with Gasteiger partial charge in [-0.15, -0.1) is 10.2 Å². The predicted octanol–water partition coefficient (Wildman–Crippen LogP) is 1.53. The van der Waals surface area contributed by atoms with Crippen molar-refractivity contribution in [3.63, 3.8) is 0 Å². The van der Waals surface area contributed by atoms with Crippen molar-refractivity contribution in [2.45, 2.75) is 39.0 Å². The molecule has 0 bridgehead atoms. The van der Waals surface area contributed by atoms with Crippen LogP contribution in [0.1, 0.15) is 38.4 Å². The third-order valence-corrected chi connectivity index (χ3v) is 1.69. The number of halogens is 1. The molecule has 0 spiro atoms. The first-order chi connectivity index (χ1) is 5.83. The summed E-state index contributed by atoms with van der Waals surface area (Å²) in [7, 11) is 0. The third-order valence-electron chi connectivity index (χ3n) is 1.69. The molecule has 0 aliphatic heterocycles. The van der Waals surface area contributed by atoms with Gasteiger partial charge in [0.2, 0.25) is 0 Å². The Morgan fingerprint density at radius 3 is 2.75 bits per heavy atom. The average Bonchev–Trinajstić information content (AvgIpc) is 2.45. The highest BCUT2D eigenvalue weighted by Crippen LogP contribution is 2.02. The maximum Gasteiger partial charge on any atom is 0.177 e. The molecule has 0 saturated carbocycles. The van der Waals surface area contributed by atoms with Crippen molar-refractivity contribution < 1.29 is 4.48 Å².